The van der Waals surface area contributed by atoms with E-state index in [-0.39, 0.29) is 34.6 Å². The molecule has 1 aromatic heterocycles. The monoisotopic (exact) mass is 581 g/mol. The van der Waals surface area contributed by atoms with Crippen molar-refractivity contribution in [3.63, 3.8) is 0 Å². The van der Waals surface area contributed by atoms with E-state index in [1.54, 1.807) is 0 Å². The fourth-order valence-electron chi connectivity index (χ4n) is 3.27. The first-order valence-corrected chi connectivity index (χ1v) is 13.0. The highest BCUT2D eigenvalue weighted by atomic mass is 32.2. The van der Waals surface area contributed by atoms with E-state index in [4.69, 9.17) is 15.2 Å². The zero-order valence-corrected chi connectivity index (χ0v) is 22.5. The molecule has 0 bridgehead atoms. The van der Waals surface area contributed by atoms with Crippen molar-refractivity contribution in [2.45, 2.75) is 32.2 Å². The summed E-state index contributed by atoms with van der Waals surface area (Å²) < 4.78 is 14.5. The molecule has 0 saturated carbocycles. The van der Waals surface area contributed by atoms with Crippen LogP contribution in [0.5, 0.6) is 0 Å². The molecule has 0 radical (unpaired) electrons. The van der Waals surface area contributed by atoms with Gasteiger partial charge in [0.2, 0.25) is 6.79 Å². The minimum atomic E-state index is -1.08. The van der Waals surface area contributed by atoms with Gasteiger partial charge in [-0.1, -0.05) is 11.2 Å². The van der Waals surface area contributed by atoms with Gasteiger partial charge in [0.05, 0.1) is 0 Å². The van der Waals surface area contributed by atoms with Crippen LogP contribution in [0.15, 0.2) is 34.0 Å². The number of β-lactam (4-membered cyclic amide) rings is 1. The third kappa shape index (κ3) is 7.41. The van der Waals surface area contributed by atoms with E-state index in [2.05, 4.69) is 25.0 Å². The number of anilines is 1. The van der Waals surface area contributed by atoms with E-state index in [1.807, 2.05) is 0 Å². The van der Waals surface area contributed by atoms with Gasteiger partial charge in [-0.25, -0.2) is 14.6 Å². The molecular formula is C22H23N5O10S2. The highest BCUT2D eigenvalue weighted by molar-refractivity contribution is 8.00. The quantitative estimate of drug-likeness (QED) is 0.0920. The average molecular weight is 582 g/mol. The molecule has 3 N–H and O–H groups in total. The predicted octanol–water partition coefficient (Wildman–Crippen LogP) is -0.170. The summed E-state index contributed by atoms with van der Waals surface area (Å²) in [5, 5.41) is 6.93. The van der Waals surface area contributed by atoms with Crippen molar-refractivity contribution in [3.05, 3.63) is 34.5 Å². The predicted molar refractivity (Wildman–Crippen MR) is 135 cm³/mol. The molecule has 3 heterocycles. The fraction of sp³-hybridized carbons (Fsp3) is 0.364. The molecule has 1 saturated heterocycles. The van der Waals surface area contributed by atoms with Crippen molar-refractivity contribution < 1.29 is 47.8 Å². The number of ether oxygens (including phenoxy) is 3. The van der Waals surface area contributed by atoms with Gasteiger partial charge in [0.1, 0.15) is 29.4 Å². The molecule has 0 unspecified atom stereocenters. The molecule has 0 aromatic carbocycles. The summed E-state index contributed by atoms with van der Waals surface area (Å²) in [4.78, 5) is 82.0. The number of nitrogen functional groups attached to an aromatic ring is 1. The molecule has 15 nitrogen and oxygen atoms in total. The first kappa shape index (κ1) is 29.3. The van der Waals surface area contributed by atoms with E-state index in [0.29, 0.717) is 5.57 Å². The van der Waals surface area contributed by atoms with Crippen LogP contribution in [0.2, 0.25) is 0 Å². The molecule has 17 heteroatoms. The van der Waals surface area contributed by atoms with Crippen LogP contribution in [-0.4, -0.2) is 81.9 Å². The summed E-state index contributed by atoms with van der Waals surface area (Å²) >= 11 is 2.27. The Morgan fingerprint density at radius 1 is 1.15 bits per heavy atom. The average Bonchev–Trinajstić information content (AvgIpc) is 3.29. The molecule has 1 fully saturated rings. The molecular weight excluding hydrogens is 558 g/mol. The zero-order valence-electron chi connectivity index (χ0n) is 20.8. The number of carbonyl (C=O) groups is 6. The lowest BCUT2D eigenvalue weighted by Gasteiger charge is -2.49. The number of rotatable bonds is 10. The topological polar surface area (TPSA) is 206 Å². The normalized spacial score (nSPS) is 18.7. The Kier molecular flexibility index (Phi) is 9.78. The van der Waals surface area contributed by atoms with Gasteiger partial charge in [0.25, 0.3) is 11.8 Å². The molecule has 2 atom stereocenters. The van der Waals surface area contributed by atoms with Gasteiger partial charge < -0.3 is 30.1 Å². The van der Waals surface area contributed by atoms with Crippen molar-refractivity contribution >= 4 is 69.6 Å². The number of nitrogens with zero attached hydrogens (tertiary/aromatic N) is 3. The minimum Gasteiger partial charge on any atom is -0.462 e. The third-order valence-electron chi connectivity index (χ3n) is 4.88. The van der Waals surface area contributed by atoms with Crippen LogP contribution in [0, 0.1) is 0 Å². The van der Waals surface area contributed by atoms with Gasteiger partial charge in [-0.2, -0.15) is 0 Å². The number of nitrogens with one attached hydrogen (secondary N) is 1. The lowest BCUT2D eigenvalue weighted by molar-refractivity contribution is -0.166. The molecule has 0 aliphatic carbocycles. The van der Waals surface area contributed by atoms with Crippen LogP contribution in [0.25, 0.3) is 0 Å². The highest BCUT2D eigenvalue weighted by Crippen LogP contribution is 2.41. The van der Waals surface area contributed by atoms with E-state index < -0.39 is 53.9 Å². The molecule has 0 spiro atoms. The first-order valence-electron chi connectivity index (χ1n) is 11.1. The van der Waals surface area contributed by atoms with Crippen molar-refractivity contribution in [3.8, 4) is 0 Å². The Bertz CT molecular complexity index is 1290. The molecule has 208 valence electrons. The highest BCUT2D eigenvalue weighted by Gasteiger charge is 2.54. The second kappa shape index (κ2) is 13.0. The number of esters is 3. The van der Waals surface area contributed by atoms with Gasteiger partial charge in [0, 0.05) is 31.9 Å². The van der Waals surface area contributed by atoms with E-state index >= 15 is 0 Å². The van der Waals surface area contributed by atoms with Crippen LogP contribution in [0.4, 0.5) is 5.13 Å². The van der Waals surface area contributed by atoms with Crippen LogP contribution in [0.1, 0.15) is 26.5 Å². The number of amides is 2. The molecule has 1 aromatic rings. The summed E-state index contributed by atoms with van der Waals surface area (Å²) in [5.74, 6) is -4.19. The standard InChI is InChI=1S/C22H23N5O10S2/c1-10(28)34-6-4-5-13-7-38-20-16(19(32)27(20)17(13)21(33)36-9-35-11(2)29)25-18(31)15(26-37-12(3)30)14-8-39-22(23)24-14/h4-5,8,16,20H,6-7,9H2,1-3H3,(H2,23,24)(H,25,31)/b5-4-,26-15-/t16-,20+/m1/s1. The molecule has 2 aliphatic rings. The maximum absolute atomic E-state index is 13.1. The maximum atomic E-state index is 13.1. The Morgan fingerprint density at radius 3 is 2.49 bits per heavy atom. The van der Waals surface area contributed by atoms with Crippen molar-refractivity contribution in [1.82, 2.24) is 15.2 Å². The third-order valence-corrected chi connectivity index (χ3v) is 6.85. The SMILES string of the molecule is CC(=O)OC/C=C\C1=C(C(=O)OCOC(C)=O)N2C(=O)[C@@H](NC(=O)/C(=N\OC(C)=O)c3csc(N)n3)[C@@H]2SC1. The van der Waals surface area contributed by atoms with E-state index in [0.717, 1.165) is 30.1 Å². The number of oxime groups is 1. The molecule has 39 heavy (non-hydrogen) atoms. The molecule has 2 aliphatic heterocycles. The van der Waals surface area contributed by atoms with Crippen LogP contribution in [-0.2, 0) is 47.8 Å². The number of thiazole rings is 1. The minimum absolute atomic E-state index is 0.0333. The molecule has 2 amide bonds. The van der Waals surface area contributed by atoms with Crippen molar-refractivity contribution in [2.75, 3.05) is 24.9 Å². The van der Waals surface area contributed by atoms with Crippen molar-refractivity contribution in [1.29, 1.82) is 0 Å². The number of fused-ring (bicyclic) bond motifs is 1. The summed E-state index contributed by atoms with van der Waals surface area (Å²) in [6.07, 6.45) is 2.99. The van der Waals surface area contributed by atoms with Crippen LogP contribution >= 0.6 is 23.1 Å². The Hall–Kier alpha value is -4.25. The maximum Gasteiger partial charge on any atom is 0.358 e. The smallest absolute Gasteiger partial charge is 0.358 e. The van der Waals surface area contributed by atoms with Gasteiger partial charge in [-0.15, -0.1) is 23.1 Å². The fourth-order valence-corrected chi connectivity index (χ4v) is 5.14. The number of nitrogens with two attached hydrogens (primary N) is 1. The number of carbonyl (C=O) groups excluding carboxylic acids is 6. The summed E-state index contributed by atoms with van der Waals surface area (Å²) in [6, 6.07) is -1.08. The number of aromatic nitrogens is 1. The van der Waals surface area contributed by atoms with Crippen LogP contribution in [0.3, 0.4) is 0 Å². The number of hydrogen-bond donors (Lipinski definition) is 2. The second-order valence-corrected chi connectivity index (χ2v) is 9.71. The summed E-state index contributed by atoms with van der Waals surface area (Å²) in [5.41, 5.74) is 5.54. The largest absolute Gasteiger partial charge is 0.462 e. The number of allylic oxidation sites excluding steroid dienone is 1. The summed E-state index contributed by atoms with van der Waals surface area (Å²) in [7, 11) is 0. The Balaban J connectivity index is 1.81. The number of thioether (sulfide) groups is 1. The van der Waals surface area contributed by atoms with Crippen molar-refractivity contribution in [2.24, 2.45) is 5.16 Å². The van der Waals surface area contributed by atoms with Gasteiger partial charge in [0.15, 0.2) is 10.8 Å². The lowest BCUT2D eigenvalue weighted by Crippen LogP contribution is -2.71. The Morgan fingerprint density at radius 2 is 1.87 bits per heavy atom. The zero-order chi connectivity index (χ0) is 28.7. The second-order valence-electron chi connectivity index (χ2n) is 7.72. The number of hydrogen-bond acceptors (Lipinski definition) is 15. The van der Waals surface area contributed by atoms with E-state index in [1.165, 1.54) is 36.2 Å². The molecule has 3 rings (SSSR count). The van der Waals surface area contributed by atoms with Gasteiger partial charge >= 0.3 is 23.9 Å². The van der Waals surface area contributed by atoms with Gasteiger partial charge in [-0.05, 0) is 11.6 Å². The lowest BCUT2D eigenvalue weighted by atomic mass is 10.0. The Labute approximate surface area is 229 Å². The van der Waals surface area contributed by atoms with E-state index in [9.17, 15) is 28.8 Å². The van der Waals surface area contributed by atoms with Crippen LogP contribution < -0.4 is 11.1 Å². The van der Waals surface area contributed by atoms with Gasteiger partial charge in [-0.3, -0.25) is 24.1 Å². The first-order chi connectivity index (χ1) is 18.5. The summed E-state index contributed by atoms with van der Waals surface area (Å²) in [6.45, 7) is 2.72.